The largest absolute Gasteiger partial charge is 0.371 e. The Bertz CT molecular complexity index is 557. The van der Waals surface area contributed by atoms with Gasteiger partial charge in [-0.1, -0.05) is 37.3 Å². The molecule has 21 heavy (non-hydrogen) atoms. The minimum atomic E-state index is -0.110. The van der Waals surface area contributed by atoms with Gasteiger partial charge in [-0.25, -0.2) is 9.97 Å². The second-order valence-corrected chi connectivity index (χ2v) is 4.89. The molecule has 112 valence electrons. The van der Waals surface area contributed by atoms with Crippen LogP contribution in [-0.2, 0) is 4.74 Å². The normalized spacial score (nSPS) is 12.1. The Morgan fingerprint density at radius 3 is 2.57 bits per heavy atom. The van der Waals surface area contributed by atoms with Gasteiger partial charge in [-0.05, 0) is 20.3 Å². The summed E-state index contributed by atoms with van der Waals surface area (Å²) >= 11 is 0. The van der Waals surface area contributed by atoms with Crippen molar-refractivity contribution in [1.82, 2.24) is 9.97 Å². The molecular formula is C17H23N3O. The zero-order chi connectivity index (χ0) is 15.1. The minimum Gasteiger partial charge on any atom is -0.371 e. The van der Waals surface area contributed by atoms with Crippen LogP contribution in [0.2, 0.25) is 0 Å². The van der Waals surface area contributed by atoms with Crippen LogP contribution < -0.4 is 5.32 Å². The van der Waals surface area contributed by atoms with Crippen LogP contribution in [0, 0.1) is 0 Å². The molecule has 0 aliphatic heterocycles. The fraction of sp³-hybridized carbons (Fsp3) is 0.412. The summed E-state index contributed by atoms with van der Waals surface area (Å²) in [6, 6.07) is 12.1. The van der Waals surface area contributed by atoms with E-state index in [2.05, 4.69) is 34.3 Å². The summed E-state index contributed by atoms with van der Waals surface area (Å²) in [4.78, 5) is 9.22. The molecule has 2 rings (SSSR count). The van der Waals surface area contributed by atoms with Crippen molar-refractivity contribution in [2.75, 3.05) is 18.5 Å². The second kappa shape index (κ2) is 7.74. The van der Waals surface area contributed by atoms with E-state index in [-0.39, 0.29) is 6.10 Å². The third-order valence-corrected chi connectivity index (χ3v) is 3.15. The molecule has 2 aromatic rings. The van der Waals surface area contributed by atoms with E-state index >= 15 is 0 Å². The lowest BCUT2D eigenvalue weighted by molar-refractivity contribution is 0.0702. The van der Waals surface area contributed by atoms with Gasteiger partial charge in [-0.3, -0.25) is 0 Å². The number of hydrogen-bond donors (Lipinski definition) is 1. The molecule has 0 radical (unpaired) electrons. The maximum Gasteiger partial charge on any atom is 0.159 e. The molecule has 1 aromatic heterocycles. The van der Waals surface area contributed by atoms with Crippen molar-refractivity contribution in [2.24, 2.45) is 0 Å². The Hall–Kier alpha value is -1.94. The van der Waals surface area contributed by atoms with Crippen LogP contribution in [0.3, 0.4) is 0 Å². The molecule has 0 amide bonds. The van der Waals surface area contributed by atoms with Gasteiger partial charge in [0.1, 0.15) is 11.9 Å². The highest BCUT2D eigenvalue weighted by molar-refractivity contribution is 5.62. The highest BCUT2D eigenvalue weighted by Gasteiger charge is 2.12. The van der Waals surface area contributed by atoms with Gasteiger partial charge in [0.25, 0.3) is 0 Å². The number of anilines is 1. The van der Waals surface area contributed by atoms with Crippen molar-refractivity contribution in [1.29, 1.82) is 0 Å². The summed E-state index contributed by atoms with van der Waals surface area (Å²) in [5, 5.41) is 3.34. The topological polar surface area (TPSA) is 47.0 Å². The summed E-state index contributed by atoms with van der Waals surface area (Å²) < 4.78 is 5.63. The van der Waals surface area contributed by atoms with Crippen LogP contribution >= 0.6 is 0 Å². The molecule has 0 fully saturated rings. The van der Waals surface area contributed by atoms with E-state index in [1.54, 1.807) is 0 Å². The van der Waals surface area contributed by atoms with E-state index in [1.165, 1.54) is 0 Å². The Morgan fingerprint density at radius 1 is 1.14 bits per heavy atom. The van der Waals surface area contributed by atoms with E-state index in [0.717, 1.165) is 35.9 Å². The smallest absolute Gasteiger partial charge is 0.159 e. The number of rotatable bonds is 7. The van der Waals surface area contributed by atoms with E-state index in [4.69, 9.17) is 4.74 Å². The molecule has 0 spiro atoms. The molecule has 1 aromatic carbocycles. The van der Waals surface area contributed by atoms with E-state index in [0.29, 0.717) is 6.61 Å². The molecule has 1 atom stereocenters. The Morgan fingerprint density at radius 2 is 1.90 bits per heavy atom. The summed E-state index contributed by atoms with van der Waals surface area (Å²) in [7, 11) is 0. The average Bonchev–Trinajstić information content (AvgIpc) is 2.53. The average molecular weight is 285 g/mol. The molecule has 0 aliphatic rings. The second-order valence-electron chi connectivity index (χ2n) is 4.89. The molecule has 0 bridgehead atoms. The fourth-order valence-electron chi connectivity index (χ4n) is 2.07. The van der Waals surface area contributed by atoms with Gasteiger partial charge in [0.15, 0.2) is 5.82 Å². The zero-order valence-electron chi connectivity index (χ0n) is 13.0. The maximum atomic E-state index is 5.63. The number of nitrogens with zero attached hydrogens (tertiary/aromatic N) is 2. The molecule has 0 aliphatic carbocycles. The Balaban J connectivity index is 2.37. The van der Waals surface area contributed by atoms with Gasteiger partial charge < -0.3 is 10.1 Å². The third kappa shape index (κ3) is 4.26. The zero-order valence-corrected chi connectivity index (χ0v) is 13.0. The van der Waals surface area contributed by atoms with Gasteiger partial charge in [-0.15, -0.1) is 0 Å². The van der Waals surface area contributed by atoms with Gasteiger partial charge in [0.2, 0.25) is 0 Å². The number of aromatic nitrogens is 2. The van der Waals surface area contributed by atoms with Crippen molar-refractivity contribution >= 4 is 5.82 Å². The molecule has 4 heteroatoms. The first-order valence-corrected chi connectivity index (χ1v) is 7.54. The standard InChI is InChI=1S/C17H23N3O/c1-4-11-18-16-12-15(14-9-7-6-8-10-14)19-17(20-16)13(3)21-5-2/h6-10,12-13H,4-5,11H2,1-3H3,(H,18,19,20). The Labute approximate surface area is 126 Å². The fourth-order valence-corrected chi connectivity index (χ4v) is 2.07. The summed E-state index contributed by atoms with van der Waals surface area (Å²) in [6.45, 7) is 7.65. The molecule has 0 saturated heterocycles. The first-order valence-electron chi connectivity index (χ1n) is 7.54. The SMILES string of the molecule is CCCNc1cc(-c2ccccc2)nc(C(C)OCC)n1. The van der Waals surface area contributed by atoms with Crippen LogP contribution in [0.5, 0.6) is 0 Å². The van der Waals surface area contributed by atoms with Gasteiger partial charge in [-0.2, -0.15) is 0 Å². The highest BCUT2D eigenvalue weighted by atomic mass is 16.5. The molecule has 1 unspecified atom stereocenters. The monoisotopic (exact) mass is 285 g/mol. The third-order valence-electron chi connectivity index (χ3n) is 3.15. The van der Waals surface area contributed by atoms with Crippen molar-refractivity contribution < 1.29 is 4.74 Å². The van der Waals surface area contributed by atoms with Crippen LogP contribution in [0.25, 0.3) is 11.3 Å². The number of benzene rings is 1. The summed E-state index contributed by atoms with van der Waals surface area (Å²) in [5.41, 5.74) is 2.01. The van der Waals surface area contributed by atoms with E-state index in [9.17, 15) is 0 Å². The lowest BCUT2D eigenvalue weighted by Gasteiger charge is -2.14. The first-order chi connectivity index (χ1) is 10.2. The predicted molar refractivity (Wildman–Crippen MR) is 86.3 cm³/mol. The molecule has 1 heterocycles. The van der Waals surface area contributed by atoms with E-state index < -0.39 is 0 Å². The Kier molecular flexibility index (Phi) is 5.69. The van der Waals surface area contributed by atoms with Crippen molar-refractivity contribution in [3.63, 3.8) is 0 Å². The van der Waals surface area contributed by atoms with Crippen LogP contribution in [0.1, 0.15) is 39.1 Å². The molecule has 0 saturated carbocycles. The number of ether oxygens (including phenoxy) is 1. The number of hydrogen-bond acceptors (Lipinski definition) is 4. The highest BCUT2D eigenvalue weighted by Crippen LogP contribution is 2.23. The number of nitrogens with one attached hydrogen (secondary N) is 1. The van der Waals surface area contributed by atoms with Crippen LogP contribution in [0.4, 0.5) is 5.82 Å². The molecule has 4 nitrogen and oxygen atoms in total. The minimum absolute atomic E-state index is 0.110. The quantitative estimate of drug-likeness (QED) is 0.833. The predicted octanol–water partition coefficient (Wildman–Crippen LogP) is 4.06. The molecular weight excluding hydrogens is 262 g/mol. The van der Waals surface area contributed by atoms with Crippen LogP contribution in [-0.4, -0.2) is 23.1 Å². The first kappa shape index (κ1) is 15.4. The van der Waals surface area contributed by atoms with Gasteiger partial charge in [0.05, 0.1) is 5.69 Å². The van der Waals surface area contributed by atoms with Crippen molar-refractivity contribution in [3.05, 3.63) is 42.2 Å². The lowest BCUT2D eigenvalue weighted by atomic mass is 10.1. The summed E-state index contributed by atoms with van der Waals surface area (Å²) in [6.07, 6.45) is 0.946. The van der Waals surface area contributed by atoms with Crippen molar-refractivity contribution in [3.8, 4) is 11.3 Å². The van der Waals surface area contributed by atoms with Gasteiger partial charge in [0, 0.05) is 24.8 Å². The van der Waals surface area contributed by atoms with E-state index in [1.807, 2.05) is 38.1 Å². The van der Waals surface area contributed by atoms with Crippen LogP contribution in [0.15, 0.2) is 36.4 Å². The van der Waals surface area contributed by atoms with Gasteiger partial charge >= 0.3 is 0 Å². The maximum absolute atomic E-state index is 5.63. The lowest BCUT2D eigenvalue weighted by Crippen LogP contribution is -2.10. The molecule has 1 N–H and O–H groups in total. The summed E-state index contributed by atoms with van der Waals surface area (Å²) in [5.74, 6) is 1.57. The van der Waals surface area contributed by atoms with Crippen molar-refractivity contribution in [2.45, 2.75) is 33.3 Å².